The standard InChI is InChI=1S/C24H36F3N3O4S/c1-17(2)15-21(29-35(33,34)20-10-8-18(9-11-20)24(25,26)27)22(32)28-23(3,4)12-6-14-30-13-5-7-19(31)16-30/h8-11,17,21,29H,5-7,12-16H2,1-4H3,(H,28,32)/t21-/m0/s1. The number of rotatable bonds is 11. The van der Waals surface area contributed by atoms with Crippen LogP contribution in [-0.4, -0.2) is 56.2 Å². The van der Waals surface area contributed by atoms with Gasteiger partial charge in [0.1, 0.15) is 11.8 Å². The molecule has 2 rings (SSSR count). The van der Waals surface area contributed by atoms with Gasteiger partial charge in [0, 0.05) is 12.0 Å². The fourth-order valence-electron chi connectivity index (χ4n) is 4.08. The van der Waals surface area contributed by atoms with Crippen molar-refractivity contribution in [3.8, 4) is 0 Å². The van der Waals surface area contributed by atoms with Crippen molar-refractivity contribution in [2.45, 2.75) is 82.5 Å². The van der Waals surface area contributed by atoms with Gasteiger partial charge < -0.3 is 5.32 Å². The van der Waals surface area contributed by atoms with E-state index in [0.717, 1.165) is 38.1 Å². The molecule has 35 heavy (non-hydrogen) atoms. The molecule has 7 nitrogen and oxygen atoms in total. The molecule has 2 N–H and O–H groups in total. The monoisotopic (exact) mass is 519 g/mol. The molecule has 1 aliphatic heterocycles. The third-order valence-corrected chi connectivity index (χ3v) is 7.37. The Kier molecular flexibility index (Phi) is 9.89. The second-order valence-corrected chi connectivity index (χ2v) is 11.9. The van der Waals surface area contributed by atoms with Crippen molar-refractivity contribution >= 4 is 21.7 Å². The number of alkyl halides is 3. The van der Waals surface area contributed by atoms with Crippen LogP contribution in [0.3, 0.4) is 0 Å². The van der Waals surface area contributed by atoms with Gasteiger partial charge in [0.05, 0.1) is 17.0 Å². The van der Waals surface area contributed by atoms with Crippen LogP contribution in [-0.2, 0) is 25.8 Å². The highest BCUT2D eigenvalue weighted by Gasteiger charge is 2.33. The number of benzene rings is 1. The minimum atomic E-state index is -4.58. The average molecular weight is 520 g/mol. The number of nitrogens with zero attached hydrogens (tertiary/aromatic N) is 1. The lowest BCUT2D eigenvalue weighted by molar-refractivity contribution is -0.137. The first-order valence-corrected chi connectivity index (χ1v) is 13.3. The molecule has 0 saturated carbocycles. The van der Waals surface area contributed by atoms with Gasteiger partial charge in [-0.2, -0.15) is 17.9 Å². The Labute approximate surface area is 205 Å². The predicted octanol–water partition coefficient (Wildman–Crippen LogP) is 3.74. The van der Waals surface area contributed by atoms with Gasteiger partial charge in [0.25, 0.3) is 0 Å². The van der Waals surface area contributed by atoms with Crippen LogP contribution < -0.4 is 10.0 Å². The first-order chi connectivity index (χ1) is 16.1. The molecule has 0 spiro atoms. The van der Waals surface area contributed by atoms with Crippen LogP contribution >= 0.6 is 0 Å². The SMILES string of the molecule is CC(C)C[C@H](NS(=O)(=O)c1ccc(C(F)(F)F)cc1)C(=O)NC(C)(C)CCCN1CCCC(=O)C1. The molecule has 1 atom stereocenters. The maximum absolute atomic E-state index is 13.1. The number of carbonyl (C=O) groups is 2. The van der Waals surface area contributed by atoms with Crippen LogP contribution in [0.25, 0.3) is 0 Å². The van der Waals surface area contributed by atoms with Crippen LogP contribution in [0, 0.1) is 5.92 Å². The molecule has 0 radical (unpaired) electrons. The number of ketones is 1. The van der Waals surface area contributed by atoms with E-state index in [2.05, 4.69) is 14.9 Å². The van der Waals surface area contributed by atoms with Crippen LogP contribution in [0.4, 0.5) is 13.2 Å². The first kappa shape index (κ1) is 29.3. The van der Waals surface area contributed by atoms with Crippen molar-refractivity contribution in [3.63, 3.8) is 0 Å². The third-order valence-electron chi connectivity index (χ3n) is 5.88. The number of hydrogen-bond donors (Lipinski definition) is 2. The number of likely N-dealkylation sites (tertiary alicyclic amines) is 1. The normalized spacial score (nSPS) is 17.0. The lowest BCUT2D eigenvalue weighted by Gasteiger charge is -2.31. The number of piperidine rings is 1. The number of nitrogens with one attached hydrogen (secondary N) is 2. The summed E-state index contributed by atoms with van der Waals surface area (Å²) in [5, 5.41) is 2.91. The number of sulfonamides is 1. The van der Waals surface area contributed by atoms with Crippen molar-refractivity contribution in [2.75, 3.05) is 19.6 Å². The van der Waals surface area contributed by atoms with Crippen LogP contribution in [0.2, 0.25) is 0 Å². The van der Waals surface area contributed by atoms with Gasteiger partial charge in [-0.15, -0.1) is 0 Å². The zero-order valence-corrected chi connectivity index (χ0v) is 21.6. The number of halogens is 3. The molecular weight excluding hydrogens is 483 g/mol. The second kappa shape index (κ2) is 11.8. The van der Waals surface area contributed by atoms with Gasteiger partial charge in [-0.05, 0) is 82.8 Å². The van der Waals surface area contributed by atoms with Crippen LogP contribution in [0.15, 0.2) is 29.2 Å². The van der Waals surface area contributed by atoms with Crippen LogP contribution in [0.5, 0.6) is 0 Å². The molecule has 1 aromatic rings. The quantitative estimate of drug-likeness (QED) is 0.465. The summed E-state index contributed by atoms with van der Waals surface area (Å²) in [6, 6.07) is 2.08. The Hall–Kier alpha value is -1.98. The molecule has 0 bridgehead atoms. The largest absolute Gasteiger partial charge is 0.416 e. The fraction of sp³-hybridized carbons (Fsp3) is 0.667. The zero-order valence-electron chi connectivity index (χ0n) is 20.7. The summed E-state index contributed by atoms with van der Waals surface area (Å²) in [4.78, 5) is 26.4. The summed E-state index contributed by atoms with van der Waals surface area (Å²) >= 11 is 0. The summed E-state index contributed by atoms with van der Waals surface area (Å²) < 4.78 is 66.4. The van der Waals surface area contributed by atoms with E-state index < -0.39 is 39.3 Å². The van der Waals surface area contributed by atoms with Crippen molar-refractivity contribution in [3.05, 3.63) is 29.8 Å². The lowest BCUT2D eigenvalue weighted by Crippen LogP contribution is -2.53. The minimum Gasteiger partial charge on any atom is -0.350 e. The highest BCUT2D eigenvalue weighted by Crippen LogP contribution is 2.29. The molecule has 0 aromatic heterocycles. The Morgan fingerprint density at radius 2 is 1.77 bits per heavy atom. The van der Waals surface area contributed by atoms with E-state index in [1.54, 1.807) is 0 Å². The van der Waals surface area contributed by atoms with Crippen molar-refractivity contribution in [1.82, 2.24) is 14.9 Å². The number of Topliss-reactive ketones (excluding diaryl/α,β-unsaturated/α-hetero) is 1. The Morgan fingerprint density at radius 3 is 2.31 bits per heavy atom. The van der Waals surface area contributed by atoms with E-state index in [4.69, 9.17) is 0 Å². The van der Waals surface area contributed by atoms with E-state index in [1.165, 1.54) is 0 Å². The third kappa shape index (κ3) is 9.53. The number of amides is 1. The van der Waals surface area contributed by atoms with E-state index in [-0.39, 0.29) is 23.0 Å². The predicted molar refractivity (Wildman–Crippen MR) is 127 cm³/mol. The summed E-state index contributed by atoms with van der Waals surface area (Å²) in [5.74, 6) is -0.270. The minimum absolute atomic E-state index is 0.0131. The van der Waals surface area contributed by atoms with E-state index in [0.29, 0.717) is 31.5 Å². The van der Waals surface area contributed by atoms with Crippen LogP contribution in [0.1, 0.15) is 65.4 Å². The average Bonchev–Trinajstić information content (AvgIpc) is 2.72. The summed E-state index contributed by atoms with van der Waals surface area (Å²) in [7, 11) is -4.22. The summed E-state index contributed by atoms with van der Waals surface area (Å²) in [6.45, 7) is 9.46. The summed E-state index contributed by atoms with van der Waals surface area (Å²) in [6.07, 6.45) is -1.49. The highest BCUT2D eigenvalue weighted by atomic mass is 32.2. The van der Waals surface area contributed by atoms with Gasteiger partial charge in [-0.1, -0.05) is 13.8 Å². The zero-order chi connectivity index (χ0) is 26.4. The second-order valence-electron chi connectivity index (χ2n) is 10.2. The van der Waals surface area contributed by atoms with E-state index in [1.807, 2.05) is 27.7 Å². The highest BCUT2D eigenvalue weighted by molar-refractivity contribution is 7.89. The molecule has 0 aliphatic carbocycles. The Morgan fingerprint density at radius 1 is 1.14 bits per heavy atom. The molecule has 1 heterocycles. The van der Waals surface area contributed by atoms with Crippen molar-refractivity contribution in [2.24, 2.45) is 5.92 Å². The molecule has 1 fully saturated rings. The maximum Gasteiger partial charge on any atom is 0.416 e. The fourth-order valence-corrected chi connectivity index (χ4v) is 5.29. The molecule has 0 unspecified atom stereocenters. The van der Waals surface area contributed by atoms with E-state index >= 15 is 0 Å². The molecular formula is C24H36F3N3O4S. The molecule has 1 amide bonds. The van der Waals surface area contributed by atoms with Gasteiger partial charge in [0.15, 0.2) is 0 Å². The molecule has 1 saturated heterocycles. The molecule has 198 valence electrons. The number of carbonyl (C=O) groups excluding carboxylic acids is 2. The van der Waals surface area contributed by atoms with Gasteiger partial charge in [0.2, 0.25) is 15.9 Å². The van der Waals surface area contributed by atoms with Gasteiger partial charge in [-0.25, -0.2) is 8.42 Å². The topological polar surface area (TPSA) is 95.6 Å². The first-order valence-electron chi connectivity index (χ1n) is 11.8. The van der Waals surface area contributed by atoms with Gasteiger partial charge >= 0.3 is 6.18 Å². The maximum atomic E-state index is 13.1. The van der Waals surface area contributed by atoms with Gasteiger partial charge in [-0.3, -0.25) is 14.5 Å². The van der Waals surface area contributed by atoms with Crippen molar-refractivity contribution < 1.29 is 31.2 Å². The molecule has 1 aromatic carbocycles. The summed E-state index contributed by atoms with van der Waals surface area (Å²) in [5.41, 5.74) is -1.57. The molecule has 11 heteroatoms. The van der Waals surface area contributed by atoms with E-state index in [9.17, 15) is 31.2 Å². The Balaban J connectivity index is 2.02. The lowest BCUT2D eigenvalue weighted by atomic mass is 9.96. The van der Waals surface area contributed by atoms with Crippen molar-refractivity contribution in [1.29, 1.82) is 0 Å². The number of hydrogen-bond acceptors (Lipinski definition) is 5. The Bertz CT molecular complexity index is 977. The smallest absolute Gasteiger partial charge is 0.350 e. The molecule has 1 aliphatic rings.